The largest absolute Gasteiger partial charge is 0.375 e. The molecule has 0 amide bonds. The van der Waals surface area contributed by atoms with Crippen molar-refractivity contribution in [3.05, 3.63) is 0 Å². The molecule has 2 heterocycles. The molecule has 3 nitrogen and oxygen atoms in total. The van der Waals surface area contributed by atoms with Gasteiger partial charge in [-0.1, -0.05) is 0 Å². The average molecular weight is 226 g/mol. The molecule has 0 aromatic carbocycles. The fourth-order valence-corrected chi connectivity index (χ4v) is 3.20. The average Bonchev–Trinajstić information content (AvgIpc) is 2.20. The van der Waals surface area contributed by atoms with E-state index in [9.17, 15) is 0 Å². The lowest BCUT2D eigenvalue weighted by atomic mass is 9.95. The van der Waals surface area contributed by atoms with Crippen LogP contribution >= 0.6 is 0 Å². The van der Waals surface area contributed by atoms with Gasteiger partial charge in [-0.05, 0) is 40.5 Å². The van der Waals surface area contributed by atoms with E-state index in [0.29, 0.717) is 24.3 Å². The standard InChI is InChI=1S/C13H26N2O/c1-9-8-15(10(2)7-14-9)13-5-11(3)16-12(4)6-13/h9-14H,5-8H2,1-4H3. The van der Waals surface area contributed by atoms with Gasteiger partial charge in [0.25, 0.3) is 0 Å². The Morgan fingerprint density at radius 1 is 1.06 bits per heavy atom. The number of hydrogen-bond donors (Lipinski definition) is 1. The minimum Gasteiger partial charge on any atom is -0.375 e. The molecular formula is C13H26N2O. The van der Waals surface area contributed by atoms with Crippen molar-refractivity contribution in [2.24, 2.45) is 0 Å². The van der Waals surface area contributed by atoms with Crippen molar-refractivity contribution in [1.82, 2.24) is 10.2 Å². The molecule has 2 rings (SSSR count). The lowest BCUT2D eigenvalue weighted by Crippen LogP contribution is -2.59. The SMILES string of the molecule is CC1CN(C2CC(C)OC(C)C2)C(C)CN1. The van der Waals surface area contributed by atoms with Crippen molar-refractivity contribution >= 4 is 0 Å². The third-order valence-electron chi connectivity index (χ3n) is 3.95. The van der Waals surface area contributed by atoms with Gasteiger partial charge >= 0.3 is 0 Å². The van der Waals surface area contributed by atoms with Crippen molar-refractivity contribution in [1.29, 1.82) is 0 Å². The number of nitrogens with zero attached hydrogens (tertiary/aromatic N) is 1. The quantitative estimate of drug-likeness (QED) is 0.735. The molecule has 1 N–H and O–H groups in total. The van der Waals surface area contributed by atoms with Gasteiger partial charge in [-0.25, -0.2) is 0 Å². The highest BCUT2D eigenvalue weighted by atomic mass is 16.5. The van der Waals surface area contributed by atoms with Crippen LogP contribution in [-0.4, -0.2) is 48.3 Å². The van der Waals surface area contributed by atoms with E-state index in [1.165, 1.54) is 19.4 Å². The van der Waals surface area contributed by atoms with Crippen molar-refractivity contribution in [3.8, 4) is 0 Å². The predicted octanol–water partition coefficient (Wildman–Crippen LogP) is 1.62. The molecule has 0 aliphatic carbocycles. The van der Waals surface area contributed by atoms with Crippen LogP contribution in [0.4, 0.5) is 0 Å². The predicted molar refractivity (Wildman–Crippen MR) is 66.7 cm³/mol. The molecule has 0 aromatic heterocycles. The Bertz CT molecular complexity index is 224. The summed E-state index contributed by atoms with van der Waals surface area (Å²) < 4.78 is 5.83. The zero-order valence-electron chi connectivity index (χ0n) is 11.1. The van der Waals surface area contributed by atoms with Gasteiger partial charge in [-0.3, -0.25) is 4.90 Å². The summed E-state index contributed by atoms with van der Waals surface area (Å²) in [6.45, 7) is 11.3. The van der Waals surface area contributed by atoms with Crippen LogP contribution in [0.3, 0.4) is 0 Å². The number of ether oxygens (including phenoxy) is 1. The van der Waals surface area contributed by atoms with Gasteiger partial charge in [0.2, 0.25) is 0 Å². The van der Waals surface area contributed by atoms with E-state index >= 15 is 0 Å². The maximum absolute atomic E-state index is 5.83. The molecule has 2 fully saturated rings. The maximum Gasteiger partial charge on any atom is 0.0565 e. The second kappa shape index (κ2) is 5.03. The summed E-state index contributed by atoms with van der Waals surface area (Å²) >= 11 is 0. The van der Waals surface area contributed by atoms with E-state index in [-0.39, 0.29) is 0 Å². The molecule has 2 aliphatic heterocycles. The molecule has 4 unspecified atom stereocenters. The van der Waals surface area contributed by atoms with Crippen LogP contribution in [-0.2, 0) is 4.74 Å². The Morgan fingerprint density at radius 3 is 2.31 bits per heavy atom. The first-order valence-electron chi connectivity index (χ1n) is 6.71. The van der Waals surface area contributed by atoms with Crippen molar-refractivity contribution < 1.29 is 4.74 Å². The Labute approximate surface area is 99.5 Å². The molecule has 3 heteroatoms. The van der Waals surface area contributed by atoms with Gasteiger partial charge < -0.3 is 10.1 Å². The molecule has 0 spiro atoms. The Balaban J connectivity index is 1.99. The Hall–Kier alpha value is -0.120. The molecule has 0 bridgehead atoms. The van der Waals surface area contributed by atoms with Crippen LogP contribution in [0.5, 0.6) is 0 Å². The summed E-state index contributed by atoms with van der Waals surface area (Å²) in [6, 6.07) is 2.02. The number of piperazine rings is 1. The Kier molecular flexibility index (Phi) is 3.88. The van der Waals surface area contributed by atoms with E-state index in [2.05, 4.69) is 37.9 Å². The molecule has 4 atom stereocenters. The fraction of sp³-hybridized carbons (Fsp3) is 1.00. The smallest absolute Gasteiger partial charge is 0.0565 e. The summed E-state index contributed by atoms with van der Waals surface area (Å²) in [6.07, 6.45) is 3.24. The van der Waals surface area contributed by atoms with Gasteiger partial charge in [-0.15, -0.1) is 0 Å². The Morgan fingerprint density at radius 2 is 1.69 bits per heavy atom. The molecule has 2 aliphatic rings. The summed E-state index contributed by atoms with van der Waals surface area (Å²) in [7, 11) is 0. The maximum atomic E-state index is 5.83. The topological polar surface area (TPSA) is 24.5 Å². The summed E-state index contributed by atoms with van der Waals surface area (Å²) in [5.41, 5.74) is 0. The molecule has 0 aromatic rings. The van der Waals surface area contributed by atoms with E-state index < -0.39 is 0 Å². The minimum absolute atomic E-state index is 0.422. The number of hydrogen-bond acceptors (Lipinski definition) is 3. The first-order chi connectivity index (χ1) is 7.56. The van der Waals surface area contributed by atoms with Crippen LogP contribution in [0.15, 0.2) is 0 Å². The first kappa shape index (κ1) is 12.3. The molecule has 2 saturated heterocycles. The molecule has 0 radical (unpaired) electrons. The van der Waals surface area contributed by atoms with E-state index in [4.69, 9.17) is 4.74 Å². The summed E-state index contributed by atoms with van der Waals surface area (Å²) in [5.74, 6) is 0. The van der Waals surface area contributed by atoms with Crippen LogP contribution in [0.1, 0.15) is 40.5 Å². The number of nitrogens with one attached hydrogen (secondary N) is 1. The minimum atomic E-state index is 0.422. The van der Waals surface area contributed by atoms with Crippen LogP contribution in [0.2, 0.25) is 0 Å². The second-order valence-electron chi connectivity index (χ2n) is 5.74. The number of rotatable bonds is 1. The van der Waals surface area contributed by atoms with Crippen LogP contribution in [0, 0.1) is 0 Å². The molecule has 16 heavy (non-hydrogen) atoms. The van der Waals surface area contributed by atoms with Gasteiger partial charge in [-0.2, -0.15) is 0 Å². The van der Waals surface area contributed by atoms with Gasteiger partial charge in [0, 0.05) is 31.2 Å². The van der Waals surface area contributed by atoms with E-state index in [1.54, 1.807) is 0 Å². The molecular weight excluding hydrogens is 200 g/mol. The normalized spacial score (nSPS) is 46.9. The van der Waals surface area contributed by atoms with E-state index in [0.717, 1.165) is 12.6 Å². The van der Waals surface area contributed by atoms with E-state index in [1.807, 2.05) is 0 Å². The molecule has 94 valence electrons. The third-order valence-corrected chi connectivity index (χ3v) is 3.95. The molecule has 0 saturated carbocycles. The lowest BCUT2D eigenvalue weighted by molar-refractivity contribution is -0.0760. The monoisotopic (exact) mass is 226 g/mol. The highest BCUT2D eigenvalue weighted by Gasteiger charge is 2.33. The van der Waals surface area contributed by atoms with Crippen molar-refractivity contribution in [2.45, 2.75) is 70.9 Å². The van der Waals surface area contributed by atoms with Crippen molar-refractivity contribution in [3.63, 3.8) is 0 Å². The highest BCUT2D eigenvalue weighted by molar-refractivity contribution is 4.89. The zero-order valence-corrected chi connectivity index (χ0v) is 11.1. The van der Waals surface area contributed by atoms with Gasteiger partial charge in [0.1, 0.15) is 0 Å². The second-order valence-corrected chi connectivity index (χ2v) is 5.74. The highest BCUT2D eigenvalue weighted by Crippen LogP contribution is 2.26. The van der Waals surface area contributed by atoms with Crippen LogP contribution < -0.4 is 5.32 Å². The van der Waals surface area contributed by atoms with Crippen LogP contribution in [0.25, 0.3) is 0 Å². The summed E-state index contributed by atoms with van der Waals surface area (Å²) in [4.78, 5) is 2.69. The summed E-state index contributed by atoms with van der Waals surface area (Å²) in [5, 5.41) is 3.55. The zero-order chi connectivity index (χ0) is 11.7. The van der Waals surface area contributed by atoms with Crippen molar-refractivity contribution in [2.75, 3.05) is 13.1 Å². The first-order valence-corrected chi connectivity index (χ1v) is 6.71. The lowest BCUT2D eigenvalue weighted by Gasteiger charge is -2.46. The third kappa shape index (κ3) is 2.76. The fourth-order valence-electron chi connectivity index (χ4n) is 3.20. The van der Waals surface area contributed by atoms with Gasteiger partial charge in [0.15, 0.2) is 0 Å². The van der Waals surface area contributed by atoms with Gasteiger partial charge in [0.05, 0.1) is 12.2 Å².